The molecule has 7 nitrogen and oxygen atoms in total. The van der Waals surface area contributed by atoms with Gasteiger partial charge < -0.3 is 35.5 Å². The van der Waals surface area contributed by atoms with E-state index in [1.807, 2.05) is 39.6 Å². The second-order valence-corrected chi connectivity index (χ2v) is 7.96. The summed E-state index contributed by atoms with van der Waals surface area (Å²) in [6.45, 7) is 1.61. The van der Waals surface area contributed by atoms with Gasteiger partial charge in [0.05, 0.1) is 5.52 Å². The Hall–Kier alpha value is -3.16. The van der Waals surface area contributed by atoms with E-state index < -0.39 is 0 Å². The first-order valence-corrected chi connectivity index (χ1v) is 10.1. The molecule has 7 heteroatoms. The molecule has 0 aliphatic heterocycles. The van der Waals surface area contributed by atoms with E-state index in [0.29, 0.717) is 16.5 Å². The standard InChI is InChI=1S/C23H28N4O3/c1-24-8-6-13-11-25-17-5-4-15(21(28)19(13)17)16-10-18-20(23(30)22(16)29)14(12-26-18)7-9-27(2)3/h4-5,10-12,24-26,28-30H,6-9H2,1-3H3. The Kier molecular flexibility index (Phi) is 5.32. The fourth-order valence-electron chi connectivity index (χ4n) is 4.03. The summed E-state index contributed by atoms with van der Waals surface area (Å²) in [6.07, 6.45) is 5.26. The molecule has 0 fully saturated rings. The Labute approximate surface area is 175 Å². The summed E-state index contributed by atoms with van der Waals surface area (Å²) in [5.74, 6) is -0.301. The minimum atomic E-state index is -0.227. The number of benzene rings is 2. The highest BCUT2D eigenvalue weighted by atomic mass is 16.3. The zero-order valence-electron chi connectivity index (χ0n) is 17.5. The van der Waals surface area contributed by atoms with Crippen molar-refractivity contribution in [3.63, 3.8) is 0 Å². The van der Waals surface area contributed by atoms with Gasteiger partial charge in [-0.25, -0.2) is 0 Å². The van der Waals surface area contributed by atoms with Crippen molar-refractivity contribution < 1.29 is 15.3 Å². The molecule has 158 valence electrons. The molecule has 0 bridgehead atoms. The molecule has 0 saturated carbocycles. The van der Waals surface area contributed by atoms with Gasteiger partial charge >= 0.3 is 0 Å². The van der Waals surface area contributed by atoms with Crippen molar-refractivity contribution in [1.82, 2.24) is 20.2 Å². The number of H-pyrrole nitrogens is 2. The molecule has 30 heavy (non-hydrogen) atoms. The SMILES string of the molecule is CNCCc1c[nH]c2ccc(-c3cc4[nH]cc(CCN(C)C)c4c(O)c3O)c(O)c12. The highest BCUT2D eigenvalue weighted by Crippen LogP contribution is 2.47. The average molecular weight is 409 g/mol. The van der Waals surface area contributed by atoms with Crippen LogP contribution in [0.3, 0.4) is 0 Å². The predicted octanol–water partition coefficient (Wildman–Crippen LogP) is 3.30. The summed E-state index contributed by atoms with van der Waals surface area (Å²) in [5, 5.41) is 37.1. The van der Waals surface area contributed by atoms with Crippen molar-refractivity contribution >= 4 is 21.8 Å². The molecular weight excluding hydrogens is 380 g/mol. The monoisotopic (exact) mass is 408 g/mol. The minimum Gasteiger partial charge on any atom is -0.507 e. The molecular formula is C23H28N4O3. The van der Waals surface area contributed by atoms with Crippen LogP contribution in [0.25, 0.3) is 32.9 Å². The number of hydrogen-bond acceptors (Lipinski definition) is 5. The lowest BCUT2D eigenvalue weighted by atomic mass is 9.97. The molecule has 2 aromatic carbocycles. The summed E-state index contributed by atoms with van der Waals surface area (Å²) in [5.41, 5.74) is 4.36. The number of phenols is 3. The number of hydrogen-bond donors (Lipinski definition) is 6. The number of nitrogens with zero attached hydrogens (tertiary/aromatic N) is 1. The van der Waals surface area contributed by atoms with Crippen LogP contribution in [0.2, 0.25) is 0 Å². The van der Waals surface area contributed by atoms with Crippen molar-refractivity contribution in [2.24, 2.45) is 0 Å². The van der Waals surface area contributed by atoms with E-state index in [0.717, 1.165) is 53.5 Å². The van der Waals surface area contributed by atoms with Crippen molar-refractivity contribution in [1.29, 1.82) is 0 Å². The number of likely N-dealkylation sites (N-methyl/N-ethyl adjacent to an activating group) is 2. The minimum absolute atomic E-state index is 0.0910. The molecule has 0 unspecified atom stereocenters. The molecule has 2 heterocycles. The number of aromatic nitrogens is 2. The molecule has 4 aromatic rings. The number of phenolic OH excluding ortho intramolecular Hbond substituents is 3. The summed E-state index contributed by atoms with van der Waals surface area (Å²) >= 11 is 0. The maximum absolute atomic E-state index is 11.1. The first-order chi connectivity index (χ1) is 14.4. The Morgan fingerprint density at radius 3 is 2.20 bits per heavy atom. The third kappa shape index (κ3) is 3.36. The lowest BCUT2D eigenvalue weighted by Gasteiger charge is -2.13. The second-order valence-electron chi connectivity index (χ2n) is 7.96. The Morgan fingerprint density at radius 2 is 1.50 bits per heavy atom. The molecule has 6 N–H and O–H groups in total. The highest BCUT2D eigenvalue weighted by Gasteiger charge is 2.21. The second kappa shape index (κ2) is 7.93. The van der Waals surface area contributed by atoms with Crippen LogP contribution in [0.4, 0.5) is 0 Å². The van der Waals surface area contributed by atoms with E-state index in [-0.39, 0.29) is 17.2 Å². The molecule has 0 aliphatic rings. The maximum atomic E-state index is 11.1. The average Bonchev–Trinajstić information content (AvgIpc) is 3.32. The fourth-order valence-corrected chi connectivity index (χ4v) is 4.03. The Bertz CT molecular complexity index is 1210. The van der Waals surface area contributed by atoms with Crippen LogP contribution in [0.1, 0.15) is 11.1 Å². The quantitative estimate of drug-likeness (QED) is 0.263. The fraction of sp³-hybridized carbons (Fsp3) is 0.304. The van der Waals surface area contributed by atoms with E-state index in [4.69, 9.17) is 0 Å². The van der Waals surface area contributed by atoms with Crippen molar-refractivity contribution in [2.45, 2.75) is 12.8 Å². The van der Waals surface area contributed by atoms with Crippen LogP contribution in [-0.4, -0.2) is 64.4 Å². The maximum Gasteiger partial charge on any atom is 0.167 e. The van der Waals surface area contributed by atoms with Crippen LogP contribution < -0.4 is 5.32 Å². The molecule has 0 aliphatic carbocycles. The third-order valence-corrected chi connectivity index (χ3v) is 5.66. The van der Waals surface area contributed by atoms with E-state index in [9.17, 15) is 15.3 Å². The van der Waals surface area contributed by atoms with Gasteiger partial charge in [0.2, 0.25) is 0 Å². The van der Waals surface area contributed by atoms with Gasteiger partial charge in [-0.05, 0) is 69.9 Å². The first kappa shape index (κ1) is 20.1. The Morgan fingerprint density at radius 1 is 0.833 bits per heavy atom. The van der Waals surface area contributed by atoms with Crippen LogP contribution in [0.5, 0.6) is 17.2 Å². The first-order valence-electron chi connectivity index (χ1n) is 10.1. The van der Waals surface area contributed by atoms with Gasteiger partial charge in [0, 0.05) is 46.4 Å². The molecule has 0 radical (unpaired) electrons. The topological polar surface area (TPSA) is 108 Å². The number of aromatic hydroxyl groups is 3. The number of fused-ring (bicyclic) bond motifs is 2. The van der Waals surface area contributed by atoms with Gasteiger partial charge in [-0.2, -0.15) is 0 Å². The molecule has 0 spiro atoms. The summed E-state index contributed by atoms with van der Waals surface area (Å²) in [4.78, 5) is 8.45. The number of aromatic amines is 2. The number of rotatable bonds is 7. The Balaban J connectivity index is 1.84. The largest absolute Gasteiger partial charge is 0.507 e. The van der Waals surface area contributed by atoms with Gasteiger partial charge in [0.15, 0.2) is 11.5 Å². The van der Waals surface area contributed by atoms with Gasteiger partial charge in [-0.1, -0.05) is 0 Å². The van der Waals surface area contributed by atoms with Crippen molar-refractivity contribution in [3.05, 3.63) is 41.7 Å². The van der Waals surface area contributed by atoms with Crippen LogP contribution >= 0.6 is 0 Å². The van der Waals surface area contributed by atoms with Crippen LogP contribution in [-0.2, 0) is 12.8 Å². The van der Waals surface area contributed by atoms with Crippen LogP contribution in [0.15, 0.2) is 30.6 Å². The highest BCUT2D eigenvalue weighted by molar-refractivity contribution is 6.01. The summed E-state index contributed by atoms with van der Waals surface area (Å²) < 4.78 is 0. The molecule has 4 rings (SSSR count). The summed E-state index contributed by atoms with van der Waals surface area (Å²) in [6, 6.07) is 5.42. The molecule has 0 atom stereocenters. The van der Waals surface area contributed by atoms with Crippen molar-refractivity contribution in [3.8, 4) is 28.4 Å². The predicted molar refractivity (Wildman–Crippen MR) is 120 cm³/mol. The third-order valence-electron chi connectivity index (χ3n) is 5.66. The van der Waals surface area contributed by atoms with E-state index >= 15 is 0 Å². The van der Waals surface area contributed by atoms with Crippen molar-refractivity contribution in [2.75, 3.05) is 34.2 Å². The lowest BCUT2D eigenvalue weighted by molar-refractivity contribution is 0.406. The lowest BCUT2D eigenvalue weighted by Crippen LogP contribution is -2.14. The smallest absolute Gasteiger partial charge is 0.167 e. The van der Waals surface area contributed by atoms with Gasteiger partial charge in [0.1, 0.15) is 5.75 Å². The molecule has 2 aromatic heterocycles. The van der Waals surface area contributed by atoms with Gasteiger partial charge in [0.25, 0.3) is 0 Å². The van der Waals surface area contributed by atoms with E-state index in [2.05, 4.69) is 20.2 Å². The zero-order valence-corrected chi connectivity index (χ0v) is 17.5. The normalized spacial score (nSPS) is 11.9. The number of nitrogens with one attached hydrogen (secondary N) is 3. The van der Waals surface area contributed by atoms with Gasteiger partial charge in [-0.15, -0.1) is 0 Å². The zero-order chi connectivity index (χ0) is 21.4. The molecule has 0 amide bonds. The molecule has 0 saturated heterocycles. The summed E-state index contributed by atoms with van der Waals surface area (Å²) in [7, 11) is 5.88. The van der Waals surface area contributed by atoms with E-state index in [1.54, 1.807) is 12.1 Å². The van der Waals surface area contributed by atoms with E-state index in [1.165, 1.54) is 0 Å². The van der Waals surface area contributed by atoms with Gasteiger partial charge in [-0.3, -0.25) is 0 Å². The van der Waals surface area contributed by atoms with Crippen LogP contribution in [0, 0.1) is 0 Å².